The highest BCUT2D eigenvalue weighted by atomic mass is 16.7. The Morgan fingerprint density at radius 2 is 1.90 bits per heavy atom. The minimum Gasteiger partial charge on any atom is -0.470 e. The van der Waals surface area contributed by atoms with Crippen LogP contribution in [0.2, 0.25) is 0 Å². The minimum absolute atomic E-state index is 0.217. The van der Waals surface area contributed by atoms with Crippen LogP contribution in [-0.2, 0) is 32.9 Å². The SMILES string of the molecule is CON=C(C1=NOCCO1)c1ccccc1CON=C(C)c1nn(C)c2ccccc12. The molecule has 3 aromatic rings. The van der Waals surface area contributed by atoms with Crippen molar-refractivity contribution in [2.24, 2.45) is 22.5 Å². The van der Waals surface area contributed by atoms with Crippen molar-refractivity contribution in [2.45, 2.75) is 13.5 Å². The first-order chi connectivity index (χ1) is 15.2. The quantitative estimate of drug-likeness (QED) is 0.431. The molecular formula is C22H23N5O4. The molecule has 0 bridgehead atoms. The van der Waals surface area contributed by atoms with Crippen molar-refractivity contribution >= 4 is 28.2 Å². The van der Waals surface area contributed by atoms with Crippen molar-refractivity contribution in [3.05, 3.63) is 65.4 Å². The third-order valence-corrected chi connectivity index (χ3v) is 4.74. The topological polar surface area (TPSA) is 91.8 Å². The van der Waals surface area contributed by atoms with Crippen LogP contribution in [0.15, 0.2) is 64.0 Å². The number of hydrogen-bond donors (Lipinski definition) is 0. The van der Waals surface area contributed by atoms with E-state index in [0.29, 0.717) is 24.6 Å². The fourth-order valence-corrected chi connectivity index (χ4v) is 3.31. The summed E-state index contributed by atoms with van der Waals surface area (Å²) < 4.78 is 7.41. The highest BCUT2D eigenvalue weighted by molar-refractivity contribution is 6.45. The van der Waals surface area contributed by atoms with Crippen LogP contribution >= 0.6 is 0 Å². The first-order valence-corrected chi connectivity index (χ1v) is 9.80. The lowest BCUT2D eigenvalue weighted by Crippen LogP contribution is -2.26. The van der Waals surface area contributed by atoms with Gasteiger partial charge in [0.05, 0.1) is 5.52 Å². The number of aryl methyl sites for hydroxylation is 1. The minimum atomic E-state index is 0.217. The molecule has 0 atom stereocenters. The molecule has 0 saturated carbocycles. The molecule has 160 valence electrons. The number of benzene rings is 2. The molecule has 2 aromatic carbocycles. The molecule has 0 radical (unpaired) electrons. The van der Waals surface area contributed by atoms with Crippen molar-refractivity contribution in [3.8, 4) is 0 Å². The van der Waals surface area contributed by atoms with Crippen molar-refractivity contribution < 1.29 is 19.2 Å². The van der Waals surface area contributed by atoms with Gasteiger partial charge in [-0.25, -0.2) is 0 Å². The van der Waals surface area contributed by atoms with Crippen molar-refractivity contribution in [3.63, 3.8) is 0 Å². The highest BCUT2D eigenvalue weighted by Gasteiger charge is 2.21. The zero-order valence-corrected chi connectivity index (χ0v) is 17.6. The van der Waals surface area contributed by atoms with Crippen LogP contribution in [0.3, 0.4) is 0 Å². The van der Waals surface area contributed by atoms with Gasteiger partial charge in [0.15, 0.2) is 12.3 Å². The van der Waals surface area contributed by atoms with Crippen LogP contribution in [-0.4, -0.2) is 47.4 Å². The molecule has 0 amide bonds. The Morgan fingerprint density at radius 3 is 2.71 bits per heavy atom. The molecule has 0 aliphatic carbocycles. The van der Waals surface area contributed by atoms with Crippen LogP contribution < -0.4 is 0 Å². The maximum absolute atomic E-state index is 5.68. The van der Waals surface area contributed by atoms with Gasteiger partial charge in [0.1, 0.15) is 31.7 Å². The second kappa shape index (κ2) is 9.29. The molecule has 0 fully saturated rings. The van der Waals surface area contributed by atoms with Gasteiger partial charge in [-0.3, -0.25) is 4.68 Å². The average molecular weight is 421 g/mol. The van der Waals surface area contributed by atoms with Gasteiger partial charge in [-0.15, -0.1) is 0 Å². The van der Waals surface area contributed by atoms with E-state index in [1.807, 2.05) is 67.2 Å². The van der Waals surface area contributed by atoms with Crippen molar-refractivity contribution in [2.75, 3.05) is 20.3 Å². The maximum atomic E-state index is 5.68. The largest absolute Gasteiger partial charge is 0.470 e. The summed E-state index contributed by atoms with van der Waals surface area (Å²) in [6.45, 7) is 2.88. The molecule has 1 aromatic heterocycles. The number of fused-ring (bicyclic) bond motifs is 1. The first kappa shape index (κ1) is 20.4. The molecule has 0 spiro atoms. The smallest absolute Gasteiger partial charge is 0.280 e. The summed E-state index contributed by atoms with van der Waals surface area (Å²) in [5.74, 6) is 0.264. The second-order valence-corrected chi connectivity index (χ2v) is 6.80. The van der Waals surface area contributed by atoms with E-state index in [1.54, 1.807) is 0 Å². The summed E-state index contributed by atoms with van der Waals surface area (Å²) in [7, 11) is 3.38. The third-order valence-electron chi connectivity index (χ3n) is 4.74. The Hall–Kier alpha value is -3.88. The molecule has 9 heteroatoms. The number of aromatic nitrogens is 2. The fourth-order valence-electron chi connectivity index (χ4n) is 3.31. The number of rotatable bonds is 7. The zero-order chi connectivity index (χ0) is 21.6. The second-order valence-electron chi connectivity index (χ2n) is 6.80. The van der Waals surface area contributed by atoms with Crippen molar-refractivity contribution in [1.29, 1.82) is 0 Å². The highest BCUT2D eigenvalue weighted by Crippen LogP contribution is 2.19. The zero-order valence-electron chi connectivity index (χ0n) is 17.6. The van der Waals surface area contributed by atoms with Gasteiger partial charge in [0.2, 0.25) is 0 Å². The predicted octanol–water partition coefficient (Wildman–Crippen LogP) is 3.22. The molecule has 2 heterocycles. The molecule has 1 aliphatic rings. The van der Waals surface area contributed by atoms with E-state index >= 15 is 0 Å². The van der Waals surface area contributed by atoms with E-state index < -0.39 is 0 Å². The van der Waals surface area contributed by atoms with Gasteiger partial charge in [0, 0.05) is 23.6 Å². The summed E-state index contributed by atoms with van der Waals surface area (Å²) in [5, 5.41) is 17.9. The molecule has 31 heavy (non-hydrogen) atoms. The summed E-state index contributed by atoms with van der Waals surface area (Å²) in [6, 6.07) is 15.6. The summed E-state index contributed by atoms with van der Waals surface area (Å²) in [4.78, 5) is 15.8. The summed E-state index contributed by atoms with van der Waals surface area (Å²) >= 11 is 0. The summed E-state index contributed by atoms with van der Waals surface area (Å²) in [6.07, 6.45) is 0. The Labute approximate surface area is 179 Å². The molecule has 0 saturated heterocycles. The Kier molecular flexibility index (Phi) is 6.11. The lowest BCUT2D eigenvalue weighted by Gasteiger charge is -2.16. The monoisotopic (exact) mass is 421 g/mol. The normalized spacial score (nSPS) is 14.6. The van der Waals surface area contributed by atoms with Gasteiger partial charge in [0.25, 0.3) is 5.90 Å². The van der Waals surface area contributed by atoms with Gasteiger partial charge >= 0.3 is 0 Å². The molecule has 4 rings (SSSR count). The first-order valence-electron chi connectivity index (χ1n) is 9.80. The molecule has 9 nitrogen and oxygen atoms in total. The predicted molar refractivity (Wildman–Crippen MR) is 117 cm³/mol. The van der Waals surface area contributed by atoms with E-state index in [4.69, 9.17) is 19.2 Å². The summed E-state index contributed by atoms with van der Waals surface area (Å²) in [5.41, 5.74) is 4.54. The molecular weight excluding hydrogens is 398 g/mol. The fraction of sp³-hybridized carbons (Fsp3) is 0.273. The van der Waals surface area contributed by atoms with Crippen LogP contribution in [0, 0.1) is 0 Å². The van der Waals surface area contributed by atoms with Crippen LogP contribution in [0.1, 0.15) is 23.7 Å². The van der Waals surface area contributed by atoms with E-state index in [-0.39, 0.29) is 12.5 Å². The number of para-hydroxylation sites is 1. The number of nitrogens with zero attached hydrogens (tertiary/aromatic N) is 5. The Bertz CT molecular complexity index is 1170. The van der Waals surface area contributed by atoms with E-state index in [1.165, 1.54) is 7.11 Å². The van der Waals surface area contributed by atoms with Crippen LogP contribution in [0.25, 0.3) is 10.9 Å². The van der Waals surface area contributed by atoms with Crippen molar-refractivity contribution in [1.82, 2.24) is 9.78 Å². The van der Waals surface area contributed by atoms with E-state index in [9.17, 15) is 0 Å². The average Bonchev–Trinajstić information content (AvgIpc) is 3.15. The van der Waals surface area contributed by atoms with Crippen LogP contribution in [0.5, 0.6) is 0 Å². The Morgan fingerprint density at radius 1 is 1.10 bits per heavy atom. The maximum Gasteiger partial charge on any atom is 0.280 e. The number of hydrogen-bond acceptors (Lipinski definition) is 8. The molecule has 1 aliphatic heterocycles. The van der Waals surface area contributed by atoms with Gasteiger partial charge in [-0.2, -0.15) is 5.10 Å². The third kappa shape index (κ3) is 4.35. The standard InChI is InChI=1S/C22H23N5O4/c1-15(20-18-10-6-7-11-19(18)27(2)23-20)24-31-14-16-8-4-5-9-17(16)21(25-28-3)22-26-30-13-12-29-22/h4-11H,12-14H2,1-3H3. The lowest BCUT2D eigenvalue weighted by molar-refractivity contribution is 0.0672. The van der Waals surface area contributed by atoms with Crippen LogP contribution in [0.4, 0.5) is 0 Å². The van der Waals surface area contributed by atoms with Gasteiger partial charge < -0.3 is 19.2 Å². The number of ether oxygens (including phenoxy) is 1. The lowest BCUT2D eigenvalue weighted by atomic mass is 10.0. The van der Waals surface area contributed by atoms with Gasteiger partial charge in [-0.05, 0) is 18.1 Å². The molecule has 0 N–H and O–H groups in total. The Balaban J connectivity index is 1.56. The number of oxime groups is 3. The van der Waals surface area contributed by atoms with E-state index in [2.05, 4.69) is 20.6 Å². The van der Waals surface area contributed by atoms with E-state index in [0.717, 1.165) is 27.7 Å². The van der Waals surface area contributed by atoms with Gasteiger partial charge in [-0.1, -0.05) is 52.8 Å². The molecule has 0 unspecified atom stereocenters.